The van der Waals surface area contributed by atoms with Gasteiger partial charge in [-0.1, -0.05) is 35.8 Å². The van der Waals surface area contributed by atoms with Crippen LogP contribution in [0.2, 0.25) is 5.02 Å². The number of hydrogen-bond acceptors (Lipinski definition) is 4. The van der Waals surface area contributed by atoms with Crippen molar-refractivity contribution in [3.8, 4) is 0 Å². The average molecular weight is 280 g/mol. The zero-order chi connectivity index (χ0) is 13.7. The van der Waals surface area contributed by atoms with Gasteiger partial charge in [-0.15, -0.1) is 0 Å². The molecule has 5 heteroatoms. The summed E-state index contributed by atoms with van der Waals surface area (Å²) in [6.45, 7) is 5.08. The molecule has 0 aliphatic rings. The van der Waals surface area contributed by atoms with E-state index in [2.05, 4.69) is 22.4 Å². The minimum atomic E-state index is 0.0839. The van der Waals surface area contributed by atoms with Crippen molar-refractivity contribution in [3.05, 3.63) is 46.6 Å². The largest absolute Gasteiger partial charge is 0.338 e. The molecule has 0 bridgehead atoms. The van der Waals surface area contributed by atoms with Crippen LogP contribution in [0.3, 0.4) is 0 Å². The van der Waals surface area contributed by atoms with Crippen molar-refractivity contribution < 1.29 is 4.52 Å². The van der Waals surface area contributed by atoms with E-state index in [0.29, 0.717) is 18.1 Å². The van der Waals surface area contributed by atoms with Crippen LogP contribution in [-0.2, 0) is 6.42 Å². The number of nitrogens with zero attached hydrogens (tertiary/aromatic N) is 2. The molecule has 19 heavy (non-hydrogen) atoms. The van der Waals surface area contributed by atoms with E-state index in [1.807, 2.05) is 31.2 Å². The Morgan fingerprint density at radius 1 is 1.42 bits per heavy atom. The summed E-state index contributed by atoms with van der Waals surface area (Å²) in [5, 5.41) is 8.04. The maximum Gasteiger partial charge on any atom is 0.243 e. The molecule has 1 atom stereocenters. The van der Waals surface area contributed by atoms with E-state index in [1.54, 1.807) is 0 Å². The van der Waals surface area contributed by atoms with E-state index in [1.165, 1.54) is 0 Å². The Bertz CT molecular complexity index is 527. The molecule has 0 aliphatic carbocycles. The predicted molar refractivity (Wildman–Crippen MR) is 75.3 cm³/mol. The fourth-order valence-electron chi connectivity index (χ4n) is 1.79. The van der Waals surface area contributed by atoms with Gasteiger partial charge in [-0.2, -0.15) is 4.98 Å². The summed E-state index contributed by atoms with van der Waals surface area (Å²) in [6, 6.07) is 7.77. The molecule has 0 amide bonds. The first-order chi connectivity index (χ1) is 9.19. The second kappa shape index (κ2) is 6.68. The van der Waals surface area contributed by atoms with Crippen LogP contribution in [0, 0.1) is 0 Å². The molecule has 1 aromatic carbocycles. The Morgan fingerprint density at radius 3 is 3.00 bits per heavy atom. The Labute approximate surface area is 118 Å². The molecule has 2 aromatic rings. The smallest absolute Gasteiger partial charge is 0.243 e. The minimum Gasteiger partial charge on any atom is -0.338 e. The number of aromatic nitrogens is 2. The summed E-state index contributed by atoms with van der Waals surface area (Å²) < 4.78 is 5.27. The first-order valence-electron chi connectivity index (χ1n) is 6.49. The molecule has 1 aromatic heterocycles. The van der Waals surface area contributed by atoms with Gasteiger partial charge < -0.3 is 9.84 Å². The van der Waals surface area contributed by atoms with Gasteiger partial charge in [0.2, 0.25) is 5.89 Å². The van der Waals surface area contributed by atoms with E-state index < -0.39 is 0 Å². The van der Waals surface area contributed by atoms with Crippen molar-refractivity contribution in [1.82, 2.24) is 15.5 Å². The third kappa shape index (κ3) is 4.04. The fraction of sp³-hybridized carbons (Fsp3) is 0.429. The van der Waals surface area contributed by atoms with E-state index in [4.69, 9.17) is 16.1 Å². The Balaban J connectivity index is 2.01. The molecular weight excluding hydrogens is 262 g/mol. The Morgan fingerprint density at radius 2 is 2.26 bits per heavy atom. The van der Waals surface area contributed by atoms with E-state index >= 15 is 0 Å². The van der Waals surface area contributed by atoms with Crippen molar-refractivity contribution in [2.75, 3.05) is 6.54 Å². The maximum atomic E-state index is 5.95. The number of rotatable bonds is 6. The van der Waals surface area contributed by atoms with Gasteiger partial charge in [-0.25, -0.2) is 0 Å². The summed E-state index contributed by atoms with van der Waals surface area (Å²) in [5.74, 6) is 1.31. The first-order valence-corrected chi connectivity index (χ1v) is 6.87. The highest BCUT2D eigenvalue weighted by atomic mass is 35.5. The highest BCUT2D eigenvalue weighted by molar-refractivity contribution is 6.30. The summed E-state index contributed by atoms with van der Waals surface area (Å²) in [6.07, 6.45) is 1.71. The monoisotopic (exact) mass is 279 g/mol. The van der Waals surface area contributed by atoms with Crippen LogP contribution in [0.1, 0.15) is 43.6 Å². The molecular formula is C14H18ClN3O. The molecule has 0 saturated carbocycles. The third-order valence-corrected chi connectivity index (χ3v) is 3.04. The molecule has 2 rings (SSSR count). The standard InChI is InChI=1S/C14H18ClN3O/c1-3-7-16-10(2)14-17-13(18-19-14)9-11-5-4-6-12(15)8-11/h4-6,8,10,16H,3,7,9H2,1-2H3. The summed E-state index contributed by atoms with van der Waals surface area (Å²) >= 11 is 5.95. The van der Waals surface area contributed by atoms with Gasteiger partial charge in [-0.05, 0) is 37.6 Å². The van der Waals surface area contributed by atoms with Crippen molar-refractivity contribution >= 4 is 11.6 Å². The lowest BCUT2D eigenvalue weighted by Gasteiger charge is -2.06. The highest BCUT2D eigenvalue weighted by Crippen LogP contribution is 2.15. The number of hydrogen-bond donors (Lipinski definition) is 1. The van der Waals surface area contributed by atoms with Gasteiger partial charge in [-0.3, -0.25) is 0 Å². The summed E-state index contributed by atoms with van der Waals surface area (Å²) in [4.78, 5) is 4.40. The van der Waals surface area contributed by atoms with Gasteiger partial charge in [0.05, 0.1) is 6.04 Å². The minimum absolute atomic E-state index is 0.0839. The maximum absolute atomic E-state index is 5.95. The lowest BCUT2D eigenvalue weighted by molar-refractivity contribution is 0.337. The van der Waals surface area contributed by atoms with Crippen molar-refractivity contribution in [2.24, 2.45) is 0 Å². The van der Waals surface area contributed by atoms with Crippen LogP contribution in [0.5, 0.6) is 0 Å². The van der Waals surface area contributed by atoms with Crippen LogP contribution in [0.25, 0.3) is 0 Å². The van der Waals surface area contributed by atoms with Crippen LogP contribution < -0.4 is 5.32 Å². The van der Waals surface area contributed by atoms with Crippen LogP contribution >= 0.6 is 11.6 Å². The number of nitrogens with one attached hydrogen (secondary N) is 1. The fourth-order valence-corrected chi connectivity index (χ4v) is 2.01. The van der Waals surface area contributed by atoms with E-state index in [0.717, 1.165) is 23.6 Å². The van der Waals surface area contributed by atoms with Crippen molar-refractivity contribution in [2.45, 2.75) is 32.7 Å². The second-order valence-electron chi connectivity index (χ2n) is 4.53. The quantitative estimate of drug-likeness (QED) is 0.881. The lowest BCUT2D eigenvalue weighted by atomic mass is 10.1. The van der Waals surface area contributed by atoms with Gasteiger partial charge in [0.15, 0.2) is 5.82 Å². The van der Waals surface area contributed by atoms with Crippen molar-refractivity contribution in [1.29, 1.82) is 0 Å². The molecule has 1 N–H and O–H groups in total. The van der Waals surface area contributed by atoms with Gasteiger partial charge in [0.1, 0.15) is 0 Å². The zero-order valence-electron chi connectivity index (χ0n) is 11.2. The Kier molecular flexibility index (Phi) is 4.93. The molecule has 1 heterocycles. The topological polar surface area (TPSA) is 51.0 Å². The molecule has 0 radical (unpaired) electrons. The Hall–Kier alpha value is -1.39. The normalized spacial score (nSPS) is 12.6. The van der Waals surface area contributed by atoms with Crippen LogP contribution in [0.15, 0.2) is 28.8 Å². The summed E-state index contributed by atoms with van der Waals surface area (Å²) in [7, 11) is 0. The molecule has 0 spiro atoms. The SMILES string of the molecule is CCCNC(C)c1nc(Cc2cccc(Cl)c2)no1. The zero-order valence-corrected chi connectivity index (χ0v) is 11.9. The molecule has 1 unspecified atom stereocenters. The molecule has 0 saturated heterocycles. The highest BCUT2D eigenvalue weighted by Gasteiger charge is 2.13. The summed E-state index contributed by atoms with van der Waals surface area (Å²) in [5.41, 5.74) is 1.08. The number of benzene rings is 1. The molecule has 0 aliphatic heterocycles. The van der Waals surface area contributed by atoms with Gasteiger partial charge in [0, 0.05) is 11.4 Å². The molecule has 102 valence electrons. The lowest BCUT2D eigenvalue weighted by Crippen LogP contribution is -2.19. The van der Waals surface area contributed by atoms with Crippen LogP contribution in [0.4, 0.5) is 0 Å². The van der Waals surface area contributed by atoms with Crippen molar-refractivity contribution in [3.63, 3.8) is 0 Å². The van der Waals surface area contributed by atoms with E-state index in [-0.39, 0.29) is 6.04 Å². The second-order valence-corrected chi connectivity index (χ2v) is 4.97. The van der Waals surface area contributed by atoms with Gasteiger partial charge >= 0.3 is 0 Å². The number of halogens is 1. The average Bonchev–Trinajstić information content (AvgIpc) is 2.84. The predicted octanol–water partition coefficient (Wildman–Crippen LogP) is 3.37. The van der Waals surface area contributed by atoms with Crippen LogP contribution in [-0.4, -0.2) is 16.7 Å². The molecule has 4 nitrogen and oxygen atoms in total. The third-order valence-electron chi connectivity index (χ3n) is 2.81. The van der Waals surface area contributed by atoms with Gasteiger partial charge in [0.25, 0.3) is 0 Å². The van der Waals surface area contributed by atoms with E-state index in [9.17, 15) is 0 Å². The molecule has 0 fully saturated rings. The first kappa shape index (κ1) is 14.0.